The molecule has 0 saturated heterocycles. The van der Waals surface area contributed by atoms with Crippen LogP contribution in [0, 0.1) is 0 Å². The normalized spacial score (nSPS) is 10.4. The van der Waals surface area contributed by atoms with Crippen molar-refractivity contribution in [2.75, 3.05) is 17.7 Å². The molecule has 0 fully saturated rings. The maximum atomic E-state index is 12.2. The number of nitrogens with two attached hydrogens (primary N) is 1. The topological polar surface area (TPSA) is 77.2 Å². The van der Waals surface area contributed by atoms with Gasteiger partial charge in [-0.05, 0) is 30.2 Å². The molecular weight excluding hydrogens is 334 g/mol. The highest BCUT2D eigenvalue weighted by Crippen LogP contribution is 2.29. The fraction of sp³-hybridized carbons (Fsp3) is 0.158. The zero-order valence-corrected chi connectivity index (χ0v) is 14.7. The Morgan fingerprint density at radius 1 is 1.20 bits per heavy atom. The molecule has 0 atom stereocenters. The molecule has 5 nitrogen and oxygen atoms in total. The maximum Gasteiger partial charge on any atom is 0.262 e. The van der Waals surface area contributed by atoms with E-state index in [4.69, 9.17) is 10.5 Å². The largest absolute Gasteiger partial charge is 0.484 e. The predicted octanol–water partition coefficient (Wildman–Crippen LogP) is 3.97. The molecule has 25 heavy (non-hydrogen) atoms. The summed E-state index contributed by atoms with van der Waals surface area (Å²) >= 11 is 1.37. The van der Waals surface area contributed by atoms with Crippen LogP contribution in [0.5, 0.6) is 5.75 Å². The molecule has 0 saturated carbocycles. The van der Waals surface area contributed by atoms with Crippen molar-refractivity contribution in [3.63, 3.8) is 0 Å². The molecule has 0 bridgehead atoms. The first kappa shape index (κ1) is 17.0. The number of thiazole rings is 1. The third-order valence-corrected chi connectivity index (χ3v) is 4.37. The monoisotopic (exact) mass is 353 g/mol. The fourth-order valence-electron chi connectivity index (χ4n) is 2.38. The molecule has 2 aromatic carbocycles. The zero-order chi connectivity index (χ0) is 17.6. The van der Waals surface area contributed by atoms with Crippen molar-refractivity contribution in [2.45, 2.75) is 13.3 Å². The molecule has 0 aliphatic carbocycles. The van der Waals surface area contributed by atoms with Gasteiger partial charge >= 0.3 is 0 Å². The number of aryl methyl sites for hydroxylation is 1. The van der Waals surface area contributed by atoms with Gasteiger partial charge < -0.3 is 15.8 Å². The quantitative estimate of drug-likeness (QED) is 0.703. The lowest BCUT2D eigenvalue weighted by molar-refractivity contribution is -0.118. The Labute approximate surface area is 150 Å². The molecular formula is C19H19N3O2S. The number of amides is 1. The lowest BCUT2D eigenvalue weighted by Crippen LogP contribution is -2.20. The highest BCUT2D eigenvalue weighted by molar-refractivity contribution is 7.13. The van der Waals surface area contributed by atoms with Crippen LogP contribution in [0.1, 0.15) is 12.5 Å². The first-order valence-electron chi connectivity index (χ1n) is 7.97. The number of anilines is 2. The van der Waals surface area contributed by atoms with Crippen molar-refractivity contribution in [1.29, 1.82) is 0 Å². The van der Waals surface area contributed by atoms with Crippen molar-refractivity contribution in [1.82, 2.24) is 4.98 Å². The van der Waals surface area contributed by atoms with Gasteiger partial charge in [0.25, 0.3) is 5.91 Å². The van der Waals surface area contributed by atoms with Gasteiger partial charge in [-0.15, -0.1) is 11.3 Å². The third kappa shape index (κ3) is 4.36. The van der Waals surface area contributed by atoms with E-state index in [-0.39, 0.29) is 12.5 Å². The minimum Gasteiger partial charge on any atom is -0.484 e. The second kappa shape index (κ2) is 7.81. The summed E-state index contributed by atoms with van der Waals surface area (Å²) < 4.78 is 5.54. The van der Waals surface area contributed by atoms with Crippen molar-refractivity contribution < 1.29 is 9.53 Å². The maximum absolute atomic E-state index is 12.2. The number of aromatic nitrogens is 1. The van der Waals surface area contributed by atoms with E-state index in [1.165, 1.54) is 16.9 Å². The number of nitrogen functional groups attached to an aromatic ring is 1. The molecule has 1 amide bonds. The van der Waals surface area contributed by atoms with Crippen LogP contribution in [0.3, 0.4) is 0 Å². The van der Waals surface area contributed by atoms with E-state index >= 15 is 0 Å². The summed E-state index contributed by atoms with van der Waals surface area (Å²) in [5.41, 5.74) is 9.19. The zero-order valence-electron chi connectivity index (χ0n) is 13.9. The number of carbonyl (C=O) groups is 1. The Hall–Kier alpha value is -2.86. The number of nitrogens with one attached hydrogen (secondary N) is 1. The number of ether oxygens (including phenoxy) is 1. The summed E-state index contributed by atoms with van der Waals surface area (Å²) in [4.78, 5) is 16.5. The van der Waals surface area contributed by atoms with Crippen LogP contribution < -0.4 is 15.8 Å². The molecule has 0 radical (unpaired) electrons. The molecule has 128 valence electrons. The van der Waals surface area contributed by atoms with E-state index in [1.807, 2.05) is 53.9 Å². The average Bonchev–Trinajstić information content (AvgIpc) is 3.07. The number of benzene rings is 2. The number of carbonyl (C=O) groups excluding carboxylic acids is 1. The van der Waals surface area contributed by atoms with Gasteiger partial charge in [-0.1, -0.05) is 37.3 Å². The minimum absolute atomic E-state index is 0.0565. The number of para-hydroxylation sites is 1. The molecule has 3 N–H and O–H groups in total. The summed E-state index contributed by atoms with van der Waals surface area (Å²) in [6.45, 7) is 2.04. The van der Waals surface area contributed by atoms with E-state index in [0.717, 1.165) is 17.7 Å². The number of nitrogens with zero attached hydrogens (tertiary/aromatic N) is 1. The summed E-state index contributed by atoms with van der Waals surface area (Å²) in [5, 5.41) is 5.23. The van der Waals surface area contributed by atoms with Crippen molar-refractivity contribution in [3.05, 3.63) is 59.5 Å². The van der Waals surface area contributed by atoms with Gasteiger partial charge in [0.1, 0.15) is 5.75 Å². The van der Waals surface area contributed by atoms with E-state index in [1.54, 1.807) is 0 Å². The van der Waals surface area contributed by atoms with E-state index in [0.29, 0.717) is 16.6 Å². The predicted molar refractivity (Wildman–Crippen MR) is 102 cm³/mol. The molecule has 0 unspecified atom stereocenters. The Bertz CT molecular complexity index is 859. The van der Waals surface area contributed by atoms with Crippen LogP contribution in [0.2, 0.25) is 0 Å². The molecule has 0 spiro atoms. The molecule has 6 heteroatoms. The van der Waals surface area contributed by atoms with Gasteiger partial charge in [-0.3, -0.25) is 4.79 Å². The van der Waals surface area contributed by atoms with Gasteiger partial charge in [-0.2, -0.15) is 0 Å². The van der Waals surface area contributed by atoms with Crippen LogP contribution in [0.4, 0.5) is 10.8 Å². The van der Waals surface area contributed by atoms with E-state index in [2.05, 4.69) is 17.2 Å². The summed E-state index contributed by atoms with van der Waals surface area (Å²) in [7, 11) is 0. The number of hydrogen-bond donors (Lipinski definition) is 2. The van der Waals surface area contributed by atoms with Crippen LogP contribution >= 0.6 is 11.3 Å². The van der Waals surface area contributed by atoms with Crippen LogP contribution in [-0.4, -0.2) is 17.5 Å². The van der Waals surface area contributed by atoms with Gasteiger partial charge in [0.15, 0.2) is 11.7 Å². The first-order valence-corrected chi connectivity index (χ1v) is 8.85. The van der Waals surface area contributed by atoms with E-state index < -0.39 is 0 Å². The van der Waals surface area contributed by atoms with Crippen LogP contribution in [0.15, 0.2) is 53.9 Å². The summed E-state index contributed by atoms with van der Waals surface area (Å²) in [5.74, 6) is 0.447. The second-order valence-corrected chi connectivity index (χ2v) is 6.34. The lowest BCUT2D eigenvalue weighted by Gasteiger charge is -2.11. The molecule has 0 aliphatic rings. The molecule has 0 aliphatic heterocycles. The van der Waals surface area contributed by atoms with Crippen LogP contribution in [-0.2, 0) is 11.2 Å². The first-order chi connectivity index (χ1) is 12.2. The Morgan fingerprint density at radius 2 is 1.96 bits per heavy atom. The second-order valence-electron chi connectivity index (χ2n) is 5.45. The Morgan fingerprint density at radius 3 is 2.64 bits per heavy atom. The Kier molecular flexibility index (Phi) is 5.30. The Balaban J connectivity index is 1.65. The molecule has 3 aromatic rings. The van der Waals surface area contributed by atoms with Gasteiger partial charge in [0, 0.05) is 10.9 Å². The molecule has 1 heterocycles. The number of rotatable bonds is 6. The van der Waals surface area contributed by atoms with Gasteiger partial charge in [0.05, 0.1) is 11.4 Å². The van der Waals surface area contributed by atoms with Crippen LogP contribution in [0.25, 0.3) is 11.3 Å². The fourth-order valence-corrected chi connectivity index (χ4v) is 2.95. The minimum atomic E-state index is -0.227. The van der Waals surface area contributed by atoms with Crippen molar-refractivity contribution in [2.24, 2.45) is 0 Å². The van der Waals surface area contributed by atoms with Gasteiger partial charge in [-0.25, -0.2) is 4.98 Å². The highest BCUT2D eigenvalue weighted by Gasteiger charge is 2.11. The molecule has 1 aromatic heterocycles. The highest BCUT2D eigenvalue weighted by atomic mass is 32.1. The smallest absolute Gasteiger partial charge is 0.262 e. The van der Waals surface area contributed by atoms with Crippen molar-refractivity contribution in [3.8, 4) is 17.0 Å². The lowest BCUT2D eigenvalue weighted by atomic mass is 10.1. The summed E-state index contributed by atoms with van der Waals surface area (Å²) in [6, 6.07) is 15.2. The van der Waals surface area contributed by atoms with Crippen molar-refractivity contribution >= 4 is 28.1 Å². The standard InChI is InChI=1S/C19H19N3O2S/c1-2-13-7-9-14(10-8-13)24-11-18(23)21-16-6-4-3-5-15(16)17-12-25-19(20)22-17/h3-10,12H,2,11H2,1H3,(H2,20,22)(H,21,23). The SMILES string of the molecule is CCc1ccc(OCC(=O)Nc2ccccc2-c2csc(N)n2)cc1. The summed E-state index contributed by atoms with van der Waals surface area (Å²) in [6.07, 6.45) is 0.971. The average molecular weight is 353 g/mol. The number of hydrogen-bond acceptors (Lipinski definition) is 5. The third-order valence-electron chi connectivity index (χ3n) is 3.70. The molecule has 3 rings (SSSR count). The van der Waals surface area contributed by atoms with E-state index in [9.17, 15) is 4.79 Å². The van der Waals surface area contributed by atoms with Gasteiger partial charge in [0.2, 0.25) is 0 Å².